The van der Waals surface area contributed by atoms with Gasteiger partial charge in [-0.05, 0) is 55.7 Å². The number of carbonyl (C=O) groups excluding carboxylic acids is 1. The molecule has 1 saturated heterocycles. The van der Waals surface area contributed by atoms with Crippen molar-refractivity contribution in [2.24, 2.45) is 0 Å². The number of benzene rings is 1. The molecule has 1 fully saturated rings. The van der Waals surface area contributed by atoms with Crippen LogP contribution in [0.1, 0.15) is 51.6 Å². The molecule has 4 rings (SSSR count). The second kappa shape index (κ2) is 8.49. The Labute approximate surface area is 178 Å². The smallest absolute Gasteiger partial charge is 0.356 e. The maximum atomic E-state index is 13.1. The van der Waals surface area contributed by atoms with Crippen molar-refractivity contribution < 1.29 is 18.0 Å². The summed E-state index contributed by atoms with van der Waals surface area (Å²) in [5.41, 5.74) is 1.53. The van der Waals surface area contributed by atoms with Crippen LogP contribution < -0.4 is 4.90 Å². The van der Waals surface area contributed by atoms with E-state index in [9.17, 15) is 18.0 Å². The van der Waals surface area contributed by atoms with Gasteiger partial charge in [0.25, 0.3) is 0 Å². The number of piperidine rings is 1. The van der Waals surface area contributed by atoms with E-state index in [1.165, 1.54) is 12.1 Å². The van der Waals surface area contributed by atoms with E-state index >= 15 is 0 Å². The lowest BCUT2D eigenvalue weighted by Crippen LogP contribution is -2.35. The molecule has 0 saturated carbocycles. The monoisotopic (exact) mass is 425 g/mol. The number of hydrogen-bond donors (Lipinski definition) is 0. The minimum atomic E-state index is -4.36. The summed E-state index contributed by atoms with van der Waals surface area (Å²) in [6.45, 7) is 3.07. The lowest BCUT2D eigenvalue weighted by molar-refractivity contribution is -0.137. The molecule has 0 radical (unpaired) electrons. The van der Waals surface area contributed by atoms with E-state index in [-0.39, 0.29) is 11.7 Å². The van der Waals surface area contributed by atoms with Gasteiger partial charge in [-0.3, -0.25) is 9.78 Å². The predicted octanol–water partition coefficient (Wildman–Crippen LogP) is 5.42. The fourth-order valence-electron chi connectivity index (χ4n) is 4.01. The zero-order valence-corrected chi connectivity index (χ0v) is 17.1. The number of alkyl halides is 3. The fraction of sp³-hybridized carbons (Fsp3) is 0.292. The first kappa shape index (κ1) is 21.0. The summed E-state index contributed by atoms with van der Waals surface area (Å²) in [5, 5.41) is 0. The molecule has 3 heterocycles. The Morgan fingerprint density at radius 2 is 1.90 bits per heavy atom. The molecule has 1 aliphatic heterocycles. The summed E-state index contributed by atoms with van der Waals surface area (Å²) in [7, 11) is 0. The van der Waals surface area contributed by atoms with Crippen molar-refractivity contribution in [2.75, 3.05) is 18.0 Å². The van der Waals surface area contributed by atoms with Gasteiger partial charge < -0.3 is 4.90 Å². The van der Waals surface area contributed by atoms with Crippen LogP contribution in [-0.4, -0.2) is 28.8 Å². The lowest BCUT2D eigenvalue weighted by atomic mass is 9.89. The van der Waals surface area contributed by atoms with Crippen molar-refractivity contribution in [1.29, 1.82) is 0 Å². The zero-order valence-electron chi connectivity index (χ0n) is 17.1. The van der Waals surface area contributed by atoms with Crippen LogP contribution in [0.25, 0.3) is 0 Å². The van der Waals surface area contributed by atoms with Gasteiger partial charge in [0.1, 0.15) is 11.5 Å². The largest absolute Gasteiger partial charge is 0.416 e. The first-order chi connectivity index (χ1) is 14.8. The standard InChI is InChI=1S/C24H22F3N3O/c1-16-20(9-4-12-28-16)23(31)21-10-3-11-22(29-21)30-13-5-7-18(15-30)17-6-2-8-19(14-17)24(25,26)27/h2-4,6,8-12,14,18H,5,7,13,15H2,1H3. The quantitative estimate of drug-likeness (QED) is 0.524. The highest BCUT2D eigenvalue weighted by Gasteiger charge is 2.31. The van der Waals surface area contributed by atoms with Crippen LogP contribution >= 0.6 is 0 Å². The third kappa shape index (κ3) is 4.60. The Balaban J connectivity index is 1.56. The topological polar surface area (TPSA) is 46.1 Å². The Bertz CT molecular complexity index is 1100. The molecule has 0 aliphatic carbocycles. The molecule has 4 nitrogen and oxygen atoms in total. The van der Waals surface area contributed by atoms with Crippen LogP contribution in [-0.2, 0) is 6.18 Å². The van der Waals surface area contributed by atoms with Gasteiger partial charge in [0.05, 0.1) is 5.56 Å². The van der Waals surface area contributed by atoms with Crippen molar-refractivity contribution in [3.8, 4) is 0 Å². The van der Waals surface area contributed by atoms with Crippen molar-refractivity contribution in [2.45, 2.75) is 31.9 Å². The molecule has 0 N–H and O–H groups in total. The Morgan fingerprint density at radius 3 is 2.68 bits per heavy atom. The summed E-state index contributed by atoms with van der Waals surface area (Å²) >= 11 is 0. The van der Waals surface area contributed by atoms with Gasteiger partial charge in [0, 0.05) is 36.5 Å². The highest BCUT2D eigenvalue weighted by Crippen LogP contribution is 2.34. The summed E-state index contributed by atoms with van der Waals surface area (Å²) in [6, 6.07) is 14.3. The van der Waals surface area contributed by atoms with Crippen LogP contribution in [0.15, 0.2) is 60.8 Å². The second-order valence-corrected chi connectivity index (χ2v) is 7.75. The number of rotatable bonds is 4. The molecule has 31 heavy (non-hydrogen) atoms. The number of aromatic nitrogens is 2. The molecule has 2 aromatic heterocycles. The second-order valence-electron chi connectivity index (χ2n) is 7.75. The molecular formula is C24H22F3N3O. The maximum absolute atomic E-state index is 13.1. The lowest BCUT2D eigenvalue weighted by Gasteiger charge is -2.34. The Hall–Kier alpha value is -3.22. The average Bonchev–Trinajstić information content (AvgIpc) is 2.79. The normalized spacial score (nSPS) is 16.9. The molecule has 1 aliphatic rings. The molecule has 1 atom stereocenters. The minimum Gasteiger partial charge on any atom is -0.356 e. The van der Waals surface area contributed by atoms with Crippen LogP contribution in [0.5, 0.6) is 0 Å². The maximum Gasteiger partial charge on any atom is 0.416 e. The average molecular weight is 425 g/mol. The van der Waals surface area contributed by atoms with Gasteiger partial charge in [0.15, 0.2) is 0 Å². The Kier molecular flexibility index (Phi) is 5.76. The van der Waals surface area contributed by atoms with Gasteiger partial charge >= 0.3 is 6.18 Å². The van der Waals surface area contributed by atoms with E-state index in [0.717, 1.165) is 25.5 Å². The minimum absolute atomic E-state index is 0.0298. The van der Waals surface area contributed by atoms with E-state index in [1.54, 1.807) is 43.5 Å². The number of ketones is 1. The number of halogens is 3. The van der Waals surface area contributed by atoms with E-state index in [4.69, 9.17) is 0 Å². The molecule has 0 amide bonds. The fourth-order valence-corrected chi connectivity index (χ4v) is 4.01. The van der Waals surface area contributed by atoms with Crippen molar-refractivity contribution in [3.63, 3.8) is 0 Å². The number of anilines is 1. The summed E-state index contributed by atoms with van der Waals surface area (Å²) < 4.78 is 39.3. The molecule has 0 bridgehead atoms. The number of aryl methyl sites for hydroxylation is 1. The molecule has 0 spiro atoms. The molecular weight excluding hydrogens is 403 g/mol. The van der Waals surface area contributed by atoms with Crippen LogP contribution in [0.3, 0.4) is 0 Å². The molecule has 1 aromatic carbocycles. The summed E-state index contributed by atoms with van der Waals surface area (Å²) in [5.74, 6) is 0.431. The van der Waals surface area contributed by atoms with E-state index in [1.807, 2.05) is 11.0 Å². The molecule has 160 valence electrons. The number of pyridine rings is 2. The van der Waals surface area contributed by atoms with Gasteiger partial charge in [0.2, 0.25) is 5.78 Å². The van der Waals surface area contributed by atoms with Crippen LogP contribution in [0.4, 0.5) is 19.0 Å². The van der Waals surface area contributed by atoms with Gasteiger partial charge in [-0.1, -0.05) is 24.3 Å². The molecule has 3 aromatic rings. The first-order valence-electron chi connectivity index (χ1n) is 10.2. The number of hydrogen-bond acceptors (Lipinski definition) is 4. The number of carbonyl (C=O) groups is 1. The van der Waals surface area contributed by atoms with Crippen molar-refractivity contribution in [3.05, 3.63) is 88.9 Å². The predicted molar refractivity (Wildman–Crippen MR) is 112 cm³/mol. The van der Waals surface area contributed by atoms with E-state index < -0.39 is 11.7 Å². The first-order valence-corrected chi connectivity index (χ1v) is 10.2. The highest BCUT2D eigenvalue weighted by atomic mass is 19.4. The highest BCUT2D eigenvalue weighted by molar-refractivity contribution is 6.08. The Morgan fingerprint density at radius 1 is 1.10 bits per heavy atom. The summed E-state index contributed by atoms with van der Waals surface area (Å²) in [6.07, 6.45) is -1.07. The molecule has 1 unspecified atom stereocenters. The SMILES string of the molecule is Cc1ncccc1C(=O)c1cccc(N2CCCC(c3cccc(C(F)(F)F)c3)C2)n1. The zero-order chi connectivity index (χ0) is 22.0. The van der Waals surface area contributed by atoms with Crippen LogP contribution in [0.2, 0.25) is 0 Å². The molecule has 7 heteroatoms. The third-order valence-electron chi connectivity index (χ3n) is 5.65. The van der Waals surface area contributed by atoms with E-state index in [0.29, 0.717) is 34.9 Å². The van der Waals surface area contributed by atoms with E-state index in [2.05, 4.69) is 9.97 Å². The number of nitrogens with zero attached hydrogens (tertiary/aromatic N) is 3. The van der Waals surface area contributed by atoms with Crippen molar-refractivity contribution >= 4 is 11.6 Å². The van der Waals surface area contributed by atoms with Gasteiger partial charge in [-0.25, -0.2) is 4.98 Å². The van der Waals surface area contributed by atoms with Crippen LogP contribution in [0, 0.1) is 6.92 Å². The summed E-state index contributed by atoms with van der Waals surface area (Å²) in [4.78, 5) is 23.7. The van der Waals surface area contributed by atoms with Gasteiger partial charge in [-0.15, -0.1) is 0 Å². The van der Waals surface area contributed by atoms with Crippen molar-refractivity contribution in [1.82, 2.24) is 9.97 Å². The van der Waals surface area contributed by atoms with Gasteiger partial charge in [-0.2, -0.15) is 13.2 Å². The third-order valence-corrected chi connectivity index (χ3v) is 5.65.